The Hall–Kier alpha value is -1.51. The van der Waals surface area contributed by atoms with Gasteiger partial charge >= 0.3 is 0 Å². The fourth-order valence-corrected chi connectivity index (χ4v) is 2.81. The van der Waals surface area contributed by atoms with Gasteiger partial charge in [0.2, 0.25) is 5.91 Å². The standard InChI is InChI=1S/C15H21N3OS/c1-4-14(11-20-3)18(2)10-15(19)17-13-7-5-12(9-16)6-8-13/h5-8,14H,4,10-11H2,1-3H3,(H,17,19). The first-order chi connectivity index (χ1) is 9.60. The van der Waals surface area contributed by atoms with Gasteiger partial charge in [0.15, 0.2) is 0 Å². The maximum atomic E-state index is 12.0. The van der Waals surface area contributed by atoms with Crippen LogP contribution >= 0.6 is 11.8 Å². The van der Waals surface area contributed by atoms with Gasteiger partial charge in [-0.15, -0.1) is 0 Å². The number of thioether (sulfide) groups is 1. The molecule has 1 aromatic carbocycles. The zero-order valence-corrected chi connectivity index (χ0v) is 13.0. The third kappa shape index (κ3) is 5.24. The van der Waals surface area contributed by atoms with Crippen molar-refractivity contribution in [2.45, 2.75) is 19.4 Å². The Bertz CT molecular complexity index is 467. The van der Waals surface area contributed by atoms with Crippen LogP contribution in [0.25, 0.3) is 0 Å². The highest BCUT2D eigenvalue weighted by Crippen LogP contribution is 2.10. The normalized spacial score (nSPS) is 11.9. The smallest absolute Gasteiger partial charge is 0.238 e. The molecule has 5 heteroatoms. The van der Waals surface area contributed by atoms with E-state index in [1.807, 2.05) is 7.05 Å². The monoisotopic (exact) mass is 291 g/mol. The van der Waals surface area contributed by atoms with Gasteiger partial charge in [-0.2, -0.15) is 17.0 Å². The average molecular weight is 291 g/mol. The lowest BCUT2D eigenvalue weighted by molar-refractivity contribution is -0.117. The molecular weight excluding hydrogens is 270 g/mol. The van der Waals surface area contributed by atoms with Gasteiger partial charge in [-0.3, -0.25) is 9.69 Å². The summed E-state index contributed by atoms with van der Waals surface area (Å²) in [7, 11) is 1.97. The Morgan fingerprint density at radius 3 is 2.60 bits per heavy atom. The second-order valence-electron chi connectivity index (χ2n) is 4.67. The number of carbonyl (C=O) groups excluding carboxylic acids is 1. The topological polar surface area (TPSA) is 56.1 Å². The number of benzene rings is 1. The third-order valence-corrected chi connectivity index (χ3v) is 3.86. The summed E-state index contributed by atoms with van der Waals surface area (Å²) in [6, 6.07) is 9.35. The fourth-order valence-electron chi connectivity index (χ4n) is 1.93. The molecule has 1 atom stereocenters. The molecule has 108 valence electrons. The van der Waals surface area contributed by atoms with Gasteiger partial charge in [0, 0.05) is 17.5 Å². The van der Waals surface area contributed by atoms with E-state index in [1.54, 1.807) is 36.0 Å². The second kappa shape index (κ2) is 8.62. The molecule has 1 amide bonds. The molecule has 0 aliphatic rings. The molecule has 0 aromatic heterocycles. The van der Waals surface area contributed by atoms with Crippen LogP contribution in [0.15, 0.2) is 24.3 Å². The number of carbonyl (C=O) groups is 1. The molecule has 0 heterocycles. The Morgan fingerprint density at radius 2 is 2.10 bits per heavy atom. The maximum Gasteiger partial charge on any atom is 0.238 e. The highest BCUT2D eigenvalue weighted by atomic mass is 32.2. The van der Waals surface area contributed by atoms with Gasteiger partial charge in [-0.1, -0.05) is 6.92 Å². The number of anilines is 1. The van der Waals surface area contributed by atoms with Crippen LogP contribution in [0.2, 0.25) is 0 Å². The average Bonchev–Trinajstić information content (AvgIpc) is 2.45. The number of nitriles is 1. The van der Waals surface area contributed by atoms with Crippen LogP contribution in [0.3, 0.4) is 0 Å². The first kappa shape index (κ1) is 16.5. The van der Waals surface area contributed by atoms with Crippen LogP contribution in [0, 0.1) is 11.3 Å². The first-order valence-electron chi connectivity index (χ1n) is 6.59. The summed E-state index contributed by atoms with van der Waals surface area (Å²) in [5.41, 5.74) is 1.31. The molecule has 0 saturated carbocycles. The van der Waals surface area contributed by atoms with Crippen molar-refractivity contribution in [1.29, 1.82) is 5.26 Å². The van der Waals surface area contributed by atoms with Crippen LogP contribution in [0.4, 0.5) is 5.69 Å². The van der Waals surface area contributed by atoms with E-state index in [9.17, 15) is 4.79 Å². The van der Waals surface area contributed by atoms with Crippen molar-refractivity contribution >= 4 is 23.4 Å². The van der Waals surface area contributed by atoms with E-state index in [0.717, 1.165) is 17.9 Å². The van der Waals surface area contributed by atoms with Crippen molar-refractivity contribution in [3.8, 4) is 6.07 Å². The third-order valence-electron chi connectivity index (χ3n) is 3.14. The number of hydrogen-bond donors (Lipinski definition) is 1. The molecule has 0 fully saturated rings. The molecular formula is C15H21N3OS. The van der Waals surface area contributed by atoms with Gasteiger partial charge in [-0.05, 0) is 44.0 Å². The zero-order chi connectivity index (χ0) is 15.0. The highest BCUT2D eigenvalue weighted by Gasteiger charge is 2.15. The lowest BCUT2D eigenvalue weighted by Gasteiger charge is -2.25. The van der Waals surface area contributed by atoms with Crippen molar-refractivity contribution < 1.29 is 4.79 Å². The minimum absolute atomic E-state index is 0.0308. The van der Waals surface area contributed by atoms with E-state index in [0.29, 0.717) is 18.2 Å². The summed E-state index contributed by atoms with van der Waals surface area (Å²) in [4.78, 5) is 14.1. The highest BCUT2D eigenvalue weighted by molar-refractivity contribution is 7.98. The Kier molecular flexibility index (Phi) is 7.13. The summed E-state index contributed by atoms with van der Waals surface area (Å²) in [6.45, 7) is 2.51. The van der Waals surface area contributed by atoms with E-state index >= 15 is 0 Å². The second-order valence-corrected chi connectivity index (χ2v) is 5.58. The lowest BCUT2D eigenvalue weighted by atomic mass is 10.2. The van der Waals surface area contributed by atoms with Crippen LogP contribution in [0.1, 0.15) is 18.9 Å². The molecule has 20 heavy (non-hydrogen) atoms. The van der Waals surface area contributed by atoms with E-state index in [1.165, 1.54) is 0 Å². The Labute approximate surface area is 125 Å². The first-order valence-corrected chi connectivity index (χ1v) is 7.99. The lowest BCUT2D eigenvalue weighted by Crippen LogP contribution is -2.39. The molecule has 1 N–H and O–H groups in total. The van der Waals surface area contributed by atoms with Crippen molar-refractivity contribution in [2.24, 2.45) is 0 Å². The predicted octanol–water partition coefficient (Wildman–Crippen LogP) is 2.57. The molecule has 1 aromatic rings. The molecule has 0 aliphatic carbocycles. The number of nitrogens with zero attached hydrogens (tertiary/aromatic N) is 2. The summed E-state index contributed by atoms with van der Waals surface area (Å²) in [5, 5.41) is 11.6. The summed E-state index contributed by atoms with van der Waals surface area (Å²) >= 11 is 1.79. The molecule has 0 spiro atoms. The number of rotatable bonds is 7. The SMILES string of the molecule is CCC(CSC)N(C)CC(=O)Nc1ccc(C#N)cc1. The van der Waals surface area contributed by atoms with Gasteiger partial charge in [0.05, 0.1) is 18.2 Å². The molecule has 1 unspecified atom stereocenters. The van der Waals surface area contributed by atoms with Gasteiger partial charge in [-0.25, -0.2) is 0 Å². The van der Waals surface area contributed by atoms with Crippen molar-refractivity contribution in [1.82, 2.24) is 4.90 Å². The van der Waals surface area contributed by atoms with Crippen molar-refractivity contribution in [2.75, 3.05) is 30.9 Å². The number of nitrogens with one attached hydrogen (secondary N) is 1. The Morgan fingerprint density at radius 1 is 1.45 bits per heavy atom. The quantitative estimate of drug-likeness (QED) is 0.839. The number of likely N-dealkylation sites (N-methyl/N-ethyl adjacent to an activating group) is 1. The molecule has 1 rings (SSSR count). The number of amides is 1. The van der Waals surface area contributed by atoms with Gasteiger partial charge in [0.25, 0.3) is 0 Å². The zero-order valence-electron chi connectivity index (χ0n) is 12.2. The van der Waals surface area contributed by atoms with Crippen LogP contribution < -0.4 is 5.32 Å². The minimum atomic E-state index is -0.0308. The van der Waals surface area contributed by atoms with E-state index in [2.05, 4.69) is 29.5 Å². The molecule has 0 aliphatic heterocycles. The largest absolute Gasteiger partial charge is 0.325 e. The number of hydrogen-bond acceptors (Lipinski definition) is 4. The van der Waals surface area contributed by atoms with Gasteiger partial charge < -0.3 is 5.32 Å². The van der Waals surface area contributed by atoms with Crippen LogP contribution in [-0.4, -0.2) is 42.4 Å². The van der Waals surface area contributed by atoms with E-state index in [4.69, 9.17) is 5.26 Å². The Balaban J connectivity index is 2.52. The molecule has 0 bridgehead atoms. The molecule has 4 nitrogen and oxygen atoms in total. The van der Waals surface area contributed by atoms with Crippen molar-refractivity contribution in [3.63, 3.8) is 0 Å². The minimum Gasteiger partial charge on any atom is -0.325 e. The van der Waals surface area contributed by atoms with Crippen LogP contribution in [0.5, 0.6) is 0 Å². The van der Waals surface area contributed by atoms with Gasteiger partial charge in [0.1, 0.15) is 0 Å². The van der Waals surface area contributed by atoms with Crippen molar-refractivity contribution in [3.05, 3.63) is 29.8 Å². The predicted molar refractivity (Wildman–Crippen MR) is 84.9 cm³/mol. The summed E-state index contributed by atoms with van der Waals surface area (Å²) in [6.07, 6.45) is 3.11. The van der Waals surface area contributed by atoms with Crippen LogP contribution in [-0.2, 0) is 4.79 Å². The maximum absolute atomic E-state index is 12.0. The fraction of sp³-hybridized carbons (Fsp3) is 0.467. The summed E-state index contributed by atoms with van der Waals surface area (Å²) < 4.78 is 0. The van der Waals surface area contributed by atoms with E-state index in [-0.39, 0.29) is 5.91 Å². The van der Waals surface area contributed by atoms with E-state index < -0.39 is 0 Å². The molecule has 0 radical (unpaired) electrons. The molecule has 0 saturated heterocycles. The summed E-state index contributed by atoms with van der Waals surface area (Å²) in [5.74, 6) is 0.994.